The van der Waals surface area contributed by atoms with Crippen LogP contribution in [0.3, 0.4) is 0 Å². The number of nitrogens with one attached hydrogen (secondary N) is 2. The van der Waals surface area contributed by atoms with Crippen molar-refractivity contribution >= 4 is 28.4 Å². The van der Waals surface area contributed by atoms with E-state index in [2.05, 4.69) is 56.0 Å². The summed E-state index contributed by atoms with van der Waals surface area (Å²) in [5.74, 6) is 2.21. The molecule has 2 fully saturated rings. The molecule has 0 unspecified atom stereocenters. The van der Waals surface area contributed by atoms with Crippen LogP contribution in [0.1, 0.15) is 29.9 Å². The lowest BCUT2D eigenvalue weighted by Crippen LogP contribution is -2.61. The smallest absolute Gasteiger partial charge is 0.246 e. The largest absolute Gasteiger partial charge is 0.487 e. The van der Waals surface area contributed by atoms with Crippen LogP contribution in [0.25, 0.3) is 22.2 Å². The van der Waals surface area contributed by atoms with Gasteiger partial charge in [0.15, 0.2) is 0 Å². The molecule has 0 bridgehead atoms. The fraction of sp³-hybridized carbons (Fsp3) is 0.300. The molecule has 3 aromatic heterocycles. The van der Waals surface area contributed by atoms with Gasteiger partial charge in [0.25, 0.3) is 0 Å². The maximum absolute atomic E-state index is 11.8. The molecule has 4 aromatic rings. The minimum absolute atomic E-state index is 0.0393. The average molecular weight is 507 g/mol. The summed E-state index contributed by atoms with van der Waals surface area (Å²) in [7, 11) is 0. The van der Waals surface area contributed by atoms with E-state index in [9.17, 15) is 4.79 Å². The zero-order valence-corrected chi connectivity index (χ0v) is 21.2. The van der Waals surface area contributed by atoms with Gasteiger partial charge in [-0.15, -0.1) is 0 Å². The van der Waals surface area contributed by atoms with Crippen LogP contribution in [-0.4, -0.2) is 62.9 Å². The van der Waals surface area contributed by atoms with E-state index >= 15 is 0 Å². The summed E-state index contributed by atoms with van der Waals surface area (Å²) in [5, 5.41) is 4.65. The number of benzene rings is 1. The number of amides is 1. The molecule has 0 spiro atoms. The maximum Gasteiger partial charge on any atom is 0.246 e. The second-order valence-corrected chi connectivity index (χ2v) is 10.4. The van der Waals surface area contributed by atoms with E-state index in [1.54, 1.807) is 0 Å². The van der Waals surface area contributed by atoms with Gasteiger partial charge in [-0.1, -0.05) is 12.6 Å². The van der Waals surface area contributed by atoms with Crippen LogP contribution >= 0.6 is 0 Å². The van der Waals surface area contributed by atoms with Crippen LogP contribution in [0.5, 0.6) is 5.75 Å². The van der Waals surface area contributed by atoms with Gasteiger partial charge in [0.05, 0.1) is 5.69 Å². The van der Waals surface area contributed by atoms with Crippen molar-refractivity contribution in [2.45, 2.75) is 31.4 Å². The van der Waals surface area contributed by atoms with Gasteiger partial charge < -0.3 is 19.9 Å². The molecule has 192 valence electrons. The summed E-state index contributed by atoms with van der Waals surface area (Å²) in [6.45, 7) is 7.78. The second-order valence-electron chi connectivity index (χ2n) is 10.4. The molecule has 6 heterocycles. The van der Waals surface area contributed by atoms with Gasteiger partial charge in [0.2, 0.25) is 5.91 Å². The number of carbonyl (C=O) groups is 1. The van der Waals surface area contributed by atoms with E-state index in [0.29, 0.717) is 18.6 Å². The lowest BCUT2D eigenvalue weighted by atomic mass is 9.88. The molecule has 7 rings (SSSR count). The first-order chi connectivity index (χ1) is 18.7. The number of fused-ring (bicyclic) bond motifs is 3. The Balaban J connectivity index is 1.07. The molecule has 0 radical (unpaired) electrons. The monoisotopic (exact) mass is 506 g/mol. The predicted octanol–water partition coefficient (Wildman–Crippen LogP) is 4.84. The van der Waals surface area contributed by atoms with Gasteiger partial charge in [0.1, 0.15) is 23.8 Å². The number of hydrogen-bond donors (Lipinski definition) is 2. The van der Waals surface area contributed by atoms with Crippen LogP contribution in [0, 0.1) is 0 Å². The quantitative estimate of drug-likeness (QED) is 0.386. The third-order valence-electron chi connectivity index (χ3n) is 8.26. The van der Waals surface area contributed by atoms with Crippen LogP contribution in [0.2, 0.25) is 0 Å². The van der Waals surface area contributed by atoms with Gasteiger partial charge >= 0.3 is 0 Å². The summed E-state index contributed by atoms with van der Waals surface area (Å²) in [4.78, 5) is 28.6. The summed E-state index contributed by atoms with van der Waals surface area (Å²) in [5.41, 5.74) is 6.32. The number of pyridine rings is 2. The third kappa shape index (κ3) is 4.01. The predicted molar refractivity (Wildman–Crippen MR) is 147 cm³/mol. The summed E-state index contributed by atoms with van der Waals surface area (Å²) in [6, 6.07) is 13.2. The normalized spacial score (nSPS) is 18.1. The Labute approximate surface area is 221 Å². The average Bonchev–Trinajstić information content (AvgIpc) is 3.31. The van der Waals surface area contributed by atoms with Crippen molar-refractivity contribution in [2.75, 3.05) is 31.5 Å². The van der Waals surface area contributed by atoms with Crippen LogP contribution in [-0.2, 0) is 11.4 Å². The topological polar surface area (TPSA) is 86.4 Å². The van der Waals surface area contributed by atoms with Crippen molar-refractivity contribution in [2.24, 2.45) is 0 Å². The summed E-state index contributed by atoms with van der Waals surface area (Å²) in [6.07, 6.45) is 9.28. The molecular weight excluding hydrogens is 476 g/mol. The molecule has 8 nitrogen and oxygen atoms in total. The Morgan fingerprint density at radius 2 is 1.97 bits per heavy atom. The van der Waals surface area contributed by atoms with E-state index in [4.69, 9.17) is 4.74 Å². The third-order valence-corrected chi connectivity index (χ3v) is 8.26. The fourth-order valence-corrected chi connectivity index (χ4v) is 6.00. The highest BCUT2D eigenvalue weighted by molar-refractivity contribution is 5.87. The number of aromatic amines is 1. The number of rotatable bonds is 4. The van der Waals surface area contributed by atoms with Crippen molar-refractivity contribution < 1.29 is 9.53 Å². The minimum atomic E-state index is 0.0393. The molecular formula is C30H30N6O2. The molecule has 8 heteroatoms. The number of aromatic nitrogens is 3. The number of likely N-dealkylation sites (tertiary alicyclic amines) is 2. The highest BCUT2D eigenvalue weighted by Gasteiger charge is 2.35. The van der Waals surface area contributed by atoms with Crippen LogP contribution < -0.4 is 10.1 Å². The van der Waals surface area contributed by atoms with Gasteiger partial charge in [0, 0.05) is 54.2 Å². The van der Waals surface area contributed by atoms with E-state index < -0.39 is 0 Å². The number of piperidine rings is 1. The second kappa shape index (κ2) is 9.29. The van der Waals surface area contributed by atoms with Crippen molar-refractivity contribution in [3.8, 4) is 16.9 Å². The first-order valence-electron chi connectivity index (χ1n) is 13.3. The Kier molecular flexibility index (Phi) is 5.62. The standard InChI is InChI=1S/C30H30N6O2/c1-2-28(37)36-16-23(17-36)35-11-7-19(8-12-35)20-3-4-27-26(14-20)34-30-25(18-38-27)24(6-10-32-30)22-13-21-5-9-31-29(21)33-15-22/h2-6,9-10,13-15,19,23H,1,7-8,11-12,16-18H2,(H,31,33)(H,32,34). The molecule has 3 aliphatic rings. The van der Waals surface area contributed by atoms with Gasteiger partial charge in [-0.2, -0.15) is 0 Å². The molecule has 0 atom stereocenters. The van der Waals surface area contributed by atoms with E-state index in [1.165, 1.54) is 11.6 Å². The molecule has 2 saturated heterocycles. The molecule has 2 N–H and O–H groups in total. The van der Waals surface area contributed by atoms with Crippen molar-refractivity contribution in [1.29, 1.82) is 0 Å². The SMILES string of the molecule is C=CC(=O)N1CC(N2CCC(c3ccc4c(c3)Nc3nccc(-c5cnc6[nH]ccc6c5)c3CO4)CC2)C1. The number of hydrogen-bond acceptors (Lipinski definition) is 6. The zero-order chi connectivity index (χ0) is 25.6. The lowest BCUT2D eigenvalue weighted by Gasteiger charge is -2.47. The lowest BCUT2D eigenvalue weighted by molar-refractivity contribution is -0.133. The number of ether oxygens (including phenoxy) is 1. The summed E-state index contributed by atoms with van der Waals surface area (Å²) < 4.78 is 6.28. The van der Waals surface area contributed by atoms with E-state index in [-0.39, 0.29) is 5.91 Å². The molecule has 3 aliphatic heterocycles. The fourth-order valence-electron chi connectivity index (χ4n) is 6.00. The van der Waals surface area contributed by atoms with E-state index in [0.717, 1.165) is 84.0 Å². The number of anilines is 2. The van der Waals surface area contributed by atoms with Crippen molar-refractivity contribution in [3.63, 3.8) is 0 Å². The molecule has 1 amide bonds. The number of carbonyl (C=O) groups excluding carboxylic acids is 1. The first kappa shape index (κ1) is 23.0. The molecule has 1 aromatic carbocycles. The molecule has 38 heavy (non-hydrogen) atoms. The summed E-state index contributed by atoms with van der Waals surface area (Å²) >= 11 is 0. The maximum atomic E-state index is 11.8. The van der Waals surface area contributed by atoms with E-state index in [1.807, 2.05) is 35.6 Å². The van der Waals surface area contributed by atoms with Crippen molar-refractivity contribution in [1.82, 2.24) is 24.8 Å². The number of H-pyrrole nitrogens is 1. The molecule has 0 aliphatic carbocycles. The Bertz CT molecular complexity index is 1530. The first-order valence-corrected chi connectivity index (χ1v) is 13.3. The Hall–Kier alpha value is -4.17. The molecule has 0 saturated carbocycles. The number of nitrogens with zero attached hydrogens (tertiary/aromatic N) is 4. The zero-order valence-electron chi connectivity index (χ0n) is 21.2. The minimum Gasteiger partial charge on any atom is -0.487 e. The van der Waals surface area contributed by atoms with Gasteiger partial charge in [-0.25, -0.2) is 9.97 Å². The highest BCUT2D eigenvalue weighted by atomic mass is 16.5. The van der Waals surface area contributed by atoms with Gasteiger partial charge in [-0.05, 0) is 79.4 Å². The van der Waals surface area contributed by atoms with Crippen LogP contribution in [0.15, 0.2) is 67.6 Å². The van der Waals surface area contributed by atoms with Crippen LogP contribution in [0.4, 0.5) is 11.5 Å². The van der Waals surface area contributed by atoms with Gasteiger partial charge in [-0.3, -0.25) is 9.69 Å². The Morgan fingerprint density at radius 1 is 1.11 bits per heavy atom. The van der Waals surface area contributed by atoms with Crippen molar-refractivity contribution in [3.05, 3.63) is 78.8 Å². The Morgan fingerprint density at radius 3 is 2.82 bits per heavy atom. The highest BCUT2D eigenvalue weighted by Crippen LogP contribution is 2.40.